The van der Waals surface area contributed by atoms with Gasteiger partial charge in [-0.05, 0) is 12.1 Å². The largest absolute Gasteiger partial charge is 0.384 e. The molecule has 0 fully saturated rings. The molecule has 6 nitrogen and oxygen atoms in total. The van der Waals surface area contributed by atoms with Gasteiger partial charge < -0.3 is 15.6 Å². The summed E-state index contributed by atoms with van der Waals surface area (Å²) in [7, 11) is 1.85. The van der Waals surface area contributed by atoms with Gasteiger partial charge in [0.1, 0.15) is 17.3 Å². The number of hydrogen-bond donors (Lipinski definition) is 2. The third-order valence-electron chi connectivity index (χ3n) is 2.41. The molecule has 18 heavy (non-hydrogen) atoms. The van der Waals surface area contributed by atoms with Crippen LogP contribution in [0.2, 0.25) is 5.02 Å². The molecule has 0 atom stereocenters. The van der Waals surface area contributed by atoms with Crippen molar-refractivity contribution in [3.63, 3.8) is 0 Å². The number of amides is 1. The number of carbonyl (C=O) groups excluding carboxylic acids is 1. The Labute approximate surface area is 109 Å². The molecule has 2 aromatic rings. The Morgan fingerprint density at radius 1 is 1.56 bits per heavy atom. The molecule has 0 unspecified atom stereocenters. The van der Waals surface area contributed by atoms with E-state index in [4.69, 9.17) is 17.3 Å². The first-order chi connectivity index (χ1) is 8.58. The fourth-order valence-corrected chi connectivity index (χ4v) is 1.62. The number of anilines is 1. The average Bonchev–Trinajstić information content (AvgIpc) is 2.75. The molecule has 0 radical (unpaired) electrons. The molecule has 0 saturated carbocycles. The van der Waals surface area contributed by atoms with Crippen molar-refractivity contribution in [2.45, 2.75) is 6.54 Å². The van der Waals surface area contributed by atoms with Crippen LogP contribution < -0.4 is 11.1 Å². The van der Waals surface area contributed by atoms with Crippen LogP contribution in [-0.4, -0.2) is 20.4 Å². The molecule has 0 saturated heterocycles. The van der Waals surface area contributed by atoms with Gasteiger partial charge in [-0.1, -0.05) is 11.6 Å². The Morgan fingerprint density at radius 3 is 3.00 bits per heavy atom. The smallest absolute Gasteiger partial charge is 0.271 e. The van der Waals surface area contributed by atoms with E-state index in [0.29, 0.717) is 6.54 Å². The van der Waals surface area contributed by atoms with Gasteiger partial charge >= 0.3 is 0 Å². The molecule has 3 N–H and O–H groups in total. The second-order valence-corrected chi connectivity index (χ2v) is 4.11. The number of imidazole rings is 1. The topological polar surface area (TPSA) is 85.8 Å². The lowest BCUT2D eigenvalue weighted by molar-refractivity contribution is 0.0945. The first kappa shape index (κ1) is 12.4. The van der Waals surface area contributed by atoms with Crippen LogP contribution in [0.15, 0.2) is 24.5 Å². The highest BCUT2D eigenvalue weighted by Crippen LogP contribution is 2.15. The minimum Gasteiger partial charge on any atom is -0.384 e. The van der Waals surface area contributed by atoms with Crippen molar-refractivity contribution >= 4 is 23.3 Å². The average molecular weight is 266 g/mol. The summed E-state index contributed by atoms with van der Waals surface area (Å²) in [6, 6.07) is 3.08. The first-order valence-corrected chi connectivity index (χ1v) is 5.62. The fraction of sp³-hybridized carbons (Fsp3) is 0.182. The molecule has 0 aliphatic carbocycles. The normalized spacial score (nSPS) is 10.3. The SMILES string of the molecule is Cn1ccnc1CNC(=O)c1nc(N)ccc1Cl. The predicted octanol–water partition coefficient (Wildman–Crippen LogP) is 0.981. The van der Waals surface area contributed by atoms with Gasteiger partial charge in [-0.15, -0.1) is 0 Å². The third kappa shape index (κ3) is 2.60. The number of pyridine rings is 1. The molecule has 0 spiro atoms. The molecule has 0 bridgehead atoms. The van der Waals surface area contributed by atoms with E-state index in [2.05, 4.69) is 15.3 Å². The van der Waals surface area contributed by atoms with Crippen LogP contribution in [-0.2, 0) is 13.6 Å². The Bertz CT molecular complexity index is 581. The van der Waals surface area contributed by atoms with Crippen molar-refractivity contribution in [3.05, 3.63) is 41.1 Å². The maximum Gasteiger partial charge on any atom is 0.271 e. The third-order valence-corrected chi connectivity index (χ3v) is 2.72. The molecule has 0 aromatic carbocycles. The van der Waals surface area contributed by atoms with Gasteiger partial charge in [0.2, 0.25) is 0 Å². The van der Waals surface area contributed by atoms with Gasteiger partial charge in [0, 0.05) is 19.4 Å². The van der Waals surface area contributed by atoms with Crippen molar-refractivity contribution in [2.75, 3.05) is 5.73 Å². The van der Waals surface area contributed by atoms with Crippen molar-refractivity contribution in [1.29, 1.82) is 0 Å². The Hall–Kier alpha value is -2.08. The quantitative estimate of drug-likeness (QED) is 0.866. The molecular weight excluding hydrogens is 254 g/mol. The standard InChI is InChI=1S/C11H12ClN5O/c1-17-5-4-14-9(17)6-15-11(18)10-7(12)2-3-8(13)16-10/h2-5H,6H2,1H3,(H2,13,16)(H,15,18). The van der Waals surface area contributed by atoms with E-state index in [1.54, 1.807) is 18.5 Å². The van der Waals surface area contributed by atoms with Gasteiger partial charge in [-0.3, -0.25) is 4.79 Å². The van der Waals surface area contributed by atoms with Gasteiger partial charge in [0.25, 0.3) is 5.91 Å². The minimum atomic E-state index is -0.379. The summed E-state index contributed by atoms with van der Waals surface area (Å²) < 4.78 is 1.81. The van der Waals surface area contributed by atoms with Crippen molar-refractivity contribution in [2.24, 2.45) is 7.05 Å². The predicted molar refractivity (Wildman–Crippen MR) is 68.0 cm³/mol. The van der Waals surface area contributed by atoms with Crippen LogP contribution in [0.5, 0.6) is 0 Å². The molecule has 94 valence electrons. The maximum absolute atomic E-state index is 11.9. The maximum atomic E-state index is 11.9. The van der Waals surface area contributed by atoms with E-state index in [1.165, 1.54) is 6.07 Å². The summed E-state index contributed by atoms with van der Waals surface area (Å²) in [6.07, 6.45) is 3.46. The number of aryl methyl sites for hydroxylation is 1. The molecule has 2 heterocycles. The van der Waals surface area contributed by atoms with Crippen molar-refractivity contribution < 1.29 is 4.79 Å². The van der Waals surface area contributed by atoms with Crippen LogP contribution in [0.25, 0.3) is 0 Å². The number of aromatic nitrogens is 3. The molecule has 2 aromatic heterocycles. The van der Waals surface area contributed by atoms with Crippen molar-refractivity contribution in [3.8, 4) is 0 Å². The lowest BCUT2D eigenvalue weighted by Gasteiger charge is -2.06. The summed E-state index contributed by atoms with van der Waals surface area (Å²) >= 11 is 5.88. The summed E-state index contributed by atoms with van der Waals surface area (Å²) in [4.78, 5) is 19.9. The highest BCUT2D eigenvalue weighted by Gasteiger charge is 2.13. The number of nitrogens with two attached hydrogens (primary N) is 1. The number of rotatable bonds is 3. The minimum absolute atomic E-state index is 0.117. The Morgan fingerprint density at radius 2 is 2.33 bits per heavy atom. The zero-order chi connectivity index (χ0) is 13.1. The second-order valence-electron chi connectivity index (χ2n) is 3.70. The van der Waals surface area contributed by atoms with Gasteiger partial charge in [0.05, 0.1) is 11.6 Å². The number of halogens is 1. The summed E-state index contributed by atoms with van der Waals surface area (Å²) in [5.41, 5.74) is 5.63. The monoisotopic (exact) mass is 265 g/mol. The first-order valence-electron chi connectivity index (χ1n) is 5.24. The molecule has 0 aliphatic rings. The molecule has 7 heteroatoms. The van der Waals surface area contributed by atoms with Gasteiger partial charge in [-0.2, -0.15) is 0 Å². The number of nitrogen functional groups attached to an aromatic ring is 1. The van der Waals surface area contributed by atoms with E-state index in [1.807, 2.05) is 11.6 Å². The lowest BCUT2D eigenvalue weighted by atomic mass is 10.3. The summed E-state index contributed by atoms with van der Waals surface area (Å²) in [5.74, 6) is 0.611. The zero-order valence-corrected chi connectivity index (χ0v) is 10.5. The molecular formula is C11H12ClN5O. The molecule has 2 rings (SSSR count). The van der Waals surface area contributed by atoms with Crippen LogP contribution >= 0.6 is 11.6 Å². The summed E-state index contributed by atoms with van der Waals surface area (Å²) in [6.45, 7) is 0.301. The summed E-state index contributed by atoms with van der Waals surface area (Å²) in [5, 5.41) is 2.95. The van der Waals surface area contributed by atoms with E-state index in [9.17, 15) is 4.79 Å². The van der Waals surface area contributed by atoms with Crippen LogP contribution in [0.3, 0.4) is 0 Å². The van der Waals surface area contributed by atoms with Crippen molar-refractivity contribution in [1.82, 2.24) is 19.9 Å². The lowest BCUT2D eigenvalue weighted by Crippen LogP contribution is -2.25. The van der Waals surface area contributed by atoms with Gasteiger partial charge in [-0.25, -0.2) is 9.97 Å². The fourth-order valence-electron chi connectivity index (χ4n) is 1.43. The molecule has 0 aliphatic heterocycles. The number of nitrogens with zero attached hydrogens (tertiary/aromatic N) is 3. The van der Waals surface area contributed by atoms with Gasteiger partial charge in [0.15, 0.2) is 0 Å². The number of hydrogen-bond acceptors (Lipinski definition) is 4. The van der Waals surface area contributed by atoms with E-state index in [0.717, 1.165) is 5.82 Å². The Balaban J connectivity index is 2.08. The zero-order valence-electron chi connectivity index (χ0n) is 9.72. The van der Waals surface area contributed by atoms with Crippen LogP contribution in [0.1, 0.15) is 16.3 Å². The number of nitrogens with one attached hydrogen (secondary N) is 1. The van der Waals surface area contributed by atoms with E-state index in [-0.39, 0.29) is 22.4 Å². The highest BCUT2D eigenvalue weighted by atomic mass is 35.5. The Kier molecular flexibility index (Phi) is 3.47. The second kappa shape index (κ2) is 5.05. The van der Waals surface area contributed by atoms with Crippen LogP contribution in [0.4, 0.5) is 5.82 Å². The highest BCUT2D eigenvalue weighted by molar-refractivity contribution is 6.33. The molecule has 1 amide bonds. The van der Waals surface area contributed by atoms with Crippen LogP contribution in [0, 0.1) is 0 Å². The number of carbonyl (C=O) groups is 1. The van der Waals surface area contributed by atoms with E-state index < -0.39 is 0 Å². The van der Waals surface area contributed by atoms with E-state index >= 15 is 0 Å².